The number of amides is 1. The van der Waals surface area contributed by atoms with Crippen LogP contribution in [0.2, 0.25) is 0 Å². The van der Waals surface area contributed by atoms with Crippen LogP contribution >= 0.6 is 0 Å². The van der Waals surface area contributed by atoms with E-state index < -0.39 is 23.5 Å². The van der Waals surface area contributed by atoms with Gasteiger partial charge in [-0.05, 0) is 31.0 Å². The van der Waals surface area contributed by atoms with Crippen LogP contribution in [0.5, 0.6) is 0 Å². The second-order valence-corrected chi connectivity index (χ2v) is 4.73. The number of nitrogens with one attached hydrogen (secondary N) is 1. The van der Waals surface area contributed by atoms with Gasteiger partial charge in [-0.25, -0.2) is 4.39 Å². The van der Waals surface area contributed by atoms with Gasteiger partial charge in [0.1, 0.15) is 5.82 Å². The van der Waals surface area contributed by atoms with Gasteiger partial charge < -0.3 is 5.32 Å². The van der Waals surface area contributed by atoms with Crippen LogP contribution in [0.3, 0.4) is 0 Å². The number of halogens is 4. The van der Waals surface area contributed by atoms with Gasteiger partial charge in [-0.2, -0.15) is 13.2 Å². The van der Waals surface area contributed by atoms with E-state index >= 15 is 0 Å². The Morgan fingerprint density at radius 3 is 2.21 bits per heavy atom. The van der Waals surface area contributed by atoms with Gasteiger partial charge in [-0.15, -0.1) is 0 Å². The maximum Gasteiger partial charge on any atom is 0.416 e. The van der Waals surface area contributed by atoms with Crippen molar-refractivity contribution in [1.82, 2.24) is 5.32 Å². The van der Waals surface area contributed by atoms with Crippen LogP contribution < -0.4 is 5.32 Å². The third-order valence-corrected chi connectivity index (χ3v) is 2.85. The summed E-state index contributed by atoms with van der Waals surface area (Å²) >= 11 is 0. The van der Waals surface area contributed by atoms with Gasteiger partial charge >= 0.3 is 6.18 Å². The fourth-order valence-corrected chi connectivity index (χ4v) is 1.34. The highest BCUT2D eigenvalue weighted by molar-refractivity contribution is 5.94. The molecule has 0 saturated carbocycles. The minimum atomic E-state index is -4.68. The largest absolute Gasteiger partial charge is 0.416 e. The van der Waals surface area contributed by atoms with E-state index in [1.54, 1.807) is 6.92 Å². The minimum absolute atomic E-state index is 0.125. The molecule has 1 aromatic rings. The Bertz CT molecular complexity index is 468. The number of rotatable bonds is 3. The molecule has 1 rings (SSSR count). The normalized spacial score (nSPS) is 13.5. The lowest BCUT2D eigenvalue weighted by molar-refractivity contribution is -0.137. The van der Waals surface area contributed by atoms with Crippen LogP contribution in [-0.4, -0.2) is 11.9 Å². The molecule has 0 aliphatic rings. The summed E-state index contributed by atoms with van der Waals surface area (Å²) < 4.78 is 50.6. The van der Waals surface area contributed by atoms with Gasteiger partial charge in [-0.1, -0.05) is 13.8 Å². The van der Waals surface area contributed by atoms with E-state index in [0.717, 1.165) is 6.07 Å². The molecule has 1 N–H and O–H groups in total. The Morgan fingerprint density at radius 1 is 1.16 bits per heavy atom. The number of carbonyl (C=O) groups excluding carboxylic acids is 1. The Hall–Kier alpha value is -1.59. The summed E-state index contributed by atoms with van der Waals surface area (Å²) in [7, 11) is 0. The van der Waals surface area contributed by atoms with Crippen LogP contribution in [0.1, 0.15) is 36.7 Å². The first-order valence-corrected chi connectivity index (χ1v) is 5.80. The van der Waals surface area contributed by atoms with Gasteiger partial charge in [0.15, 0.2) is 0 Å². The Balaban J connectivity index is 3.01. The summed E-state index contributed by atoms with van der Waals surface area (Å²) in [6.07, 6.45) is -4.68. The standard InChI is InChI=1S/C13H15F4NO/c1-7(2)8(3)18-12(19)9-4-10(13(15,16)17)6-11(14)5-9/h4-8H,1-3H3,(H,18,19). The molecule has 1 aromatic carbocycles. The monoisotopic (exact) mass is 277 g/mol. The van der Waals surface area contributed by atoms with E-state index in [0.29, 0.717) is 12.1 Å². The van der Waals surface area contributed by atoms with Crippen molar-refractivity contribution in [3.05, 3.63) is 35.1 Å². The number of hydrogen-bond donors (Lipinski definition) is 1. The van der Waals surface area contributed by atoms with Crippen LogP contribution in [0.25, 0.3) is 0 Å². The predicted molar refractivity (Wildman–Crippen MR) is 63.2 cm³/mol. The Morgan fingerprint density at radius 2 is 1.74 bits per heavy atom. The third-order valence-electron chi connectivity index (χ3n) is 2.85. The molecule has 0 heterocycles. The lowest BCUT2D eigenvalue weighted by Gasteiger charge is -2.18. The summed E-state index contributed by atoms with van der Waals surface area (Å²) in [5, 5.41) is 2.53. The fraction of sp³-hybridized carbons (Fsp3) is 0.462. The van der Waals surface area contributed by atoms with Crippen LogP contribution in [0, 0.1) is 11.7 Å². The molecule has 0 aromatic heterocycles. The summed E-state index contributed by atoms with van der Waals surface area (Å²) in [4.78, 5) is 11.7. The van der Waals surface area contributed by atoms with E-state index in [2.05, 4.69) is 5.32 Å². The second-order valence-electron chi connectivity index (χ2n) is 4.73. The highest BCUT2D eigenvalue weighted by Gasteiger charge is 2.32. The van der Waals surface area contributed by atoms with E-state index in [1.807, 2.05) is 13.8 Å². The molecule has 0 saturated heterocycles. The molecular weight excluding hydrogens is 262 g/mol. The quantitative estimate of drug-likeness (QED) is 0.840. The van der Waals surface area contributed by atoms with Crippen molar-refractivity contribution in [2.45, 2.75) is 33.0 Å². The molecule has 0 aliphatic carbocycles. The summed E-state index contributed by atoms with van der Waals surface area (Å²) in [6, 6.07) is 1.58. The molecule has 0 aliphatic heterocycles. The zero-order chi connectivity index (χ0) is 14.8. The van der Waals surface area contributed by atoms with Crippen molar-refractivity contribution in [2.24, 2.45) is 5.92 Å². The van der Waals surface area contributed by atoms with Gasteiger partial charge in [-0.3, -0.25) is 4.79 Å². The average Bonchev–Trinajstić information content (AvgIpc) is 2.26. The second kappa shape index (κ2) is 5.59. The summed E-state index contributed by atoms with van der Waals surface area (Å²) in [6.45, 7) is 5.45. The smallest absolute Gasteiger partial charge is 0.349 e. The van der Waals surface area contributed by atoms with Crippen LogP contribution in [0.15, 0.2) is 18.2 Å². The maximum absolute atomic E-state index is 13.1. The minimum Gasteiger partial charge on any atom is -0.349 e. The fourth-order valence-electron chi connectivity index (χ4n) is 1.34. The molecule has 0 bridgehead atoms. The van der Waals surface area contributed by atoms with E-state index in [1.165, 1.54) is 0 Å². The van der Waals surface area contributed by atoms with Crippen molar-refractivity contribution in [1.29, 1.82) is 0 Å². The Labute approximate surface area is 108 Å². The molecule has 19 heavy (non-hydrogen) atoms. The summed E-state index contributed by atoms with van der Waals surface area (Å²) in [5.74, 6) is -1.68. The maximum atomic E-state index is 13.1. The van der Waals surface area contributed by atoms with Crippen LogP contribution in [-0.2, 0) is 6.18 Å². The highest BCUT2D eigenvalue weighted by atomic mass is 19.4. The predicted octanol–water partition coefficient (Wildman–Crippen LogP) is 3.62. The molecule has 1 amide bonds. The lowest BCUT2D eigenvalue weighted by Crippen LogP contribution is -2.36. The SMILES string of the molecule is CC(C)C(C)NC(=O)c1cc(F)cc(C(F)(F)F)c1. The highest BCUT2D eigenvalue weighted by Crippen LogP contribution is 2.30. The zero-order valence-corrected chi connectivity index (χ0v) is 10.8. The zero-order valence-electron chi connectivity index (χ0n) is 10.8. The van der Waals surface area contributed by atoms with Gasteiger partial charge in [0.2, 0.25) is 0 Å². The van der Waals surface area contributed by atoms with Gasteiger partial charge in [0, 0.05) is 11.6 Å². The van der Waals surface area contributed by atoms with E-state index in [9.17, 15) is 22.4 Å². The van der Waals surface area contributed by atoms with E-state index in [4.69, 9.17) is 0 Å². The number of benzene rings is 1. The van der Waals surface area contributed by atoms with Crippen molar-refractivity contribution in [3.63, 3.8) is 0 Å². The molecule has 106 valence electrons. The van der Waals surface area contributed by atoms with Crippen molar-refractivity contribution >= 4 is 5.91 Å². The lowest BCUT2D eigenvalue weighted by atomic mass is 10.0. The number of alkyl halides is 3. The first kappa shape index (κ1) is 15.5. The molecule has 0 fully saturated rings. The first-order valence-electron chi connectivity index (χ1n) is 5.80. The van der Waals surface area contributed by atoms with Crippen molar-refractivity contribution < 1.29 is 22.4 Å². The Kier molecular flexibility index (Phi) is 4.55. The molecule has 6 heteroatoms. The molecule has 0 radical (unpaired) electrons. The molecule has 1 unspecified atom stereocenters. The number of hydrogen-bond acceptors (Lipinski definition) is 1. The van der Waals surface area contributed by atoms with Gasteiger partial charge in [0.05, 0.1) is 5.56 Å². The molecule has 2 nitrogen and oxygen atoms in total. The van der Waals surface area contributed by atoms with Crippen molar-refractivity contribution in [3.8, 4) is 0 Å². The van der Waals surface area contributed by atoms with Gasteiger partial charge in [0.25, 0.3) is 5.91 Å². The summed E-state index contributed by atoms with van der Waals surface area (Å²) in [5.41, 5.74) is -1.50. The topological polar surface area (TPSA) is 29.1 Å². The first-order chi connectivity index (χ1) is 8.61. The number of carbonyl (C=O) groups is 1. The average molecular weight is 277 g/mol. The molecule has 1 atom stereocenters. The third kappa shape index (κ3) is 4.22. The van der Waals surface area contributed by atoms with Crippen molar-refractivity contribution in [2.75, 3.05) is 0 Å². The molecular formula is C13H15F4NO. The van der Waals surface area contributed by atoms with E-state index in [-0.39, 0.29) is 17.5 Å². The van der Waals surface area contributed by atoms with Crippen LogP contribution in [0.4, 0.5) is 17.6 Å². The molecule has 0 spiro atoms.